The van der Waals surface area contributed by atoms with Crippen molar-refractivity contribution in [3.8, 4) is 0 Å². The highest BCUT2D eigenvalue weighted by Gasteiger charge is 2.39. The SMILES string of the molecule is CCCC(CCC)(CCC)C(=O)OCCOC(=O)CCCSCC[C@H]1C(=O)C[C@@H](O)[C@@H]1/C=C/[C@@H](O)Cc1cccc(COC)c1. The van der Waals surface area contributed by atoms with Crippen molar-refractivity contribution in [2.24, 2.45) is 17.3 Å². The number of carbonyl (C=O) groups excluding carboxylic acids is 3. The average molecular weight is 649 g/mol. The zero-order valence-electron chi connectivity index (χ0n) is 27.8. The summed E-state index contributed by atoms with van der Waals surface area (Å²) >= 11 is 1.67. The first-order valence-electron chi connectivity index (χ1n) is 16.7. The van der Waals surface area contributed by atoms with Crippen LogP contribution in [0.3, 0.4) is 0 Å². The van der Waals surface area contributed by atoms with E-state index in [9.17, 15) is 24.6 Å². The van der Waals surface area contributed by atoms with Crippen molar-refractivity contribution in [1.29, 1.82) is 0 Å². The third kappa shape index (κ3) is 13.6. The van der Waals surface area contributed by atoms with E-state index in [1.165, 1.54) is 0 Å². The summed E-state index contributed by atoms with van der Waals surface area (Å²) in [4.78, 5) is 37.6. The van der Waals surface area contributed by atoms with Gasteiger partial charge in [0.1, 0.15) is 19.0 Å². The Morgan fingerprint density at radius 1 is 1.04 bits per heavy atom. The van der Waals surface area contributed by atoms with Gasteiger partial charge in [0.15, 0.2) is 0 Å². The third-order valence-electron chi connectivity index (χ3n) is 8.48. The number of thioether (sulfide) groups is 1. The Labute approximate surface area is 274 Å². The fraction of sp³-hybridized carbons (Fsp3) is 0.694. The number of carbonyl (C=O) groups is 3. The Balaban J connectivity index is 1.67. The highest BCUT2D eigenvalue weighted by molar-refractivity contribution is 7.99. The fourth-order valence-corrected chi connectivity index (χ4v) is 7.41. The molecule has 0 spiro atoms. The molecule has 0 aromatic heterocycles. The van der Waals surface area contributed by atoms with E-state index < -0.39 is 17.6 Å². The third-order valence-corrected chi connectivity index (χ3v) is 9.58. The second kappa shape index (κ2) is 21.6. The lowest BCUT2D eigenvalue weighted by Crippen LogP contribution is -2.34. The van der Waals surface area contributed by atoms with Crippen LogP contribution in [0.5, 0.6) is 0 Å². The van der Waals surface area contributed by atoms with Crippen molar-refractivity contribution in [3.63, 3.8) is 0 Å². The molecule has 1 saturated carbocycles. The number of esters is 2. The molecule has 0 unspecified atom stereocenters. The normalized spacial score (nSPS) is 19.2. The molecule has 9 heteroatoms. The van der Waals surface area contributed by atoms with E-state index in [-0.39, 0.29) is 55.6 Å². The summed E-state index contributed by atoms with van der Waals surface area (Å²) in [6, 6.07) is 7.88. The van der Waals surface area contributed by atoms with Gasteiger partial charge in [-0.15, -0.1) is 0 Å². The van der Waals surface area contributed by atoms with Gasteiger partial charge in [0.05, 0.1) is 24.2 Å². The number of methoxy groups -OCH3 is 1. The highest BCUT2D eigenvalue weighted by Crippen LogP contribution is 2.37. The molecule has 0 bridgehead atoms. The quantitative estimate of drug-likeness (QED) is 0.0808. The summed E-state index contributed by atoms with van der Waals surface area (Å²) < 4.78 is 16.0. The minimum atomic E-state index is -0.739. The van der Waals surface area contributed by atoms with Crippen LogP contribution in [0.15, 0.2) is 36.4 Å². The van der Waals surface area contributed by atoms with E-state index in [1.807, 2.05) is 24.3 Å². The van der Waals surface area contributed by atoms with Crippen LogP contribution in [-0.2, 0) is 41.6 Å². The molecule has 1 aliphatic rings. The van der Waals surface area contributed by atoms with Gasteiger partial charge in [-0.05, 0) is 54.7 Å². The molecule has 254 valence electrons. The van der Waals surface area contributed by atoms with E-state index in [4.69, 9.17) is 14.2 Å². The zero-order chi connectivity index (χ0) is 33.1. The number of hydrogen-bond donors (Lipinski definition) is 2. The molecule has 2 rings (SSSR count). The van der Waals surface area contributed by atoms with Crippen LogP contribution in [0.2, 0.25) is 0 Å². The second-order valence-corrected chi connectivity index (χ2v) is 13.4. The predicted molar refractivity (Wildman–Crippen MR) is 179 cm³/mol. The molecule has 1 aromatic rings. The largest absolute Gasteiger partial charge is 0.462 e. The summed E-state index contributed by atoms with van der Waals surface area (Å²) in [6.45, 7) is 6.90. The summed E-state index contributed by atoms with van der Waals surface area (Å²) in [7, 11) is 1.65. The first kappa shape index (κ1) is 39.0. The lowest BCUT2D eigenvalue weighted by Gasteiger charge is -2.30. The number of ketones is 1. The first-order chi connectivity index (χ1) is 21.7. The van der Waals surface area contributed by atoms with Gasteiger partial charge in [-0.25, -0.2) is 0 Å². The second-order valence-electron chi connectivity index (χ2n) is 12.2. The molecule has 45 heavy (non-hydrogen) atoms. The smallest absolute Gasteiger partial charge is 0.312 e. The number of Topliss-reactive ketones (excluding diaryl/α,β-unsaturated/α-hetero) is 1. The van der Waals surface area contributed by atoms with Crippen molar-refractivity contribution in [2.75, 3.05) is 31.8 Å². The van der Waals surface area contributed by atoms with Gasteiger partial charge in [-0.2, -0.15) is 11.8 Å². The number of aliphatic hydroxyl groups excluding tert-OH is 2. The van der Waals surface area contributed by atoms with E-state index in [0.717, 1.165) is 61.2 Å². The van der Waals surface area contributed by atoms with E-state index in [2.05, 4.69) is 20.8 Å². The number of ether oxygens (including phenoxy) is 3. The van der Waals surface area contributed by atoms with Crippen molar-refractivity contribution in [2.45, 2.75) is 110 Å². The number of rotatable bonds is 23. The van der Waals surface area contributed by atoms with Gasteiger partial charge in [-0.1, -0.05) is 76.5 Å². The lowest BCUT2D eigenvalue weighted by atomic mass is 9.75. The Morgan fingerprint density at radius 3 is 2.38 bits per heavy atom. The molecule has 1 aromatic carbocycles. The molecule has 8 nitrogen and oxygen atoms in total. The molecule has 0 amide bonds. The van der Waals surface area contributed by atoms with Crippen LogP contribution in [-0.4, -0.2) is 72.0 Å². The first-order valence-corrected chi connectivity index (χ1v) is 17.9. The van der Waals surface area contributed by atoms with Crippen molar-refractivity contribution in [1.82, 2.24) is 0 Å². The number of hydrogen-bond acceptors (Lipinski definition) is 9. The topological polar surface area (TPSA) is 119 Å². The molecule has 4 atom stereocenters. The molecule has 0 saturated heterocycles. The van der Waals surface area contributed by atoms with Gasteiger partial charge < -0.3 is 24.4 Å². The molecule has 0 radical (unpaired) electrons. The maximum atomic E-state index is 12.8. The monoisotopic (exact) mass is 648 g/mol. The summed E-state index contributed by atoms with van der Waals surface area (Å²) in [5.41, 5.74) is 1.60. The standard InChI is InChI=1S/C36H56O8S/c1-5-16-36(17-6-2,18-7-3)35(41)44-20-19-43-34(40)12-9-21-45-22-15-31-30(32(38)25-33(31)39)14-13-29(37)24-27-10-8-11-28(23-27)26-42-4/h8,10-11,13-14,23,29-32,37-38H,5-7,9,12,15-22,24-26H2,1-4H3/b14-13+/t29-,30-,31-,32-/m1/s1. The van der Waals surface area contributed by atoms with Crippen LogP contribution in [0.25, 0.3) is 0 Å². The minimum absolute atomic E-state index is 0.0557. The number of benzene rings is 1. The van der Waals surface area contributed by atoms with E-state index in [0.29, 0.717) is 25.9 Å². The van der Waals surface area contributed by atoms with Crippen LogP contribution in [0.4, 0.5) is 0 Å². The summed E-state index contributed by atoms with van der Waals surface area (Å²) in [6.07, 6.45) is 9.40. The zero-order valence-corrected chi connectivity index (χ0v) is 28.7. The molecule has 1 aliphatic carbocycles. The molecular formula is C36H56O8S. The van der Waals surface area contributed by atoms with Crippen molar-refractivity contribution < 1.29 is 38.8 Å². The number of aliphatic hydroxyl groups is 2. The van der Waals surface area contributed by atoms with Gasteiger partial charge >= 0.3 is 11.9 Å². The predicted octanol–water partition coefficient (Wildman–Crippen LogP) is 6.24. The van der Waals surface area contributed by atoms with Gasteiger partial charge in [-0.3, -0.25) is 14.4 Å². The maximum Gasteiger partial charge on any atom is 0.312 e. The van der Waals surface area contributed by atoms with Gasteiger partial charge in [0, 0.05) is 38.2 Å². The summed E-state index contributed by atoms with van der Waals surface area (Å²) in [5.74, 6) is 0.473. The minimum Gasteiger partial charge on any atom is -0.462 e. The molecule has 1 fully saturated rings. The van der Waals surface area contributed by atoms with Crippen molar-refractivity contribution >= 4 is 29.5 Å². The Morgan fingerprint density at radius 2 is 1.71 bits per heavy atom. The Bertz CT molecular complexity index is 1040. The molecular weight excluding hydrogens is 592 g/mol. The van der Waals surface area contributed by atoms with Gasteiger partial charge in [0.25, 0.3) is 0 Å². The molecule has 0 heterocycles. The summed E-state index contributed by atoms with van der Waals surface area (Å²) in [5, 5.41) is 21.1. The van der Waals surface area contributed by atoms with E-state index in [1.54, 1.807) is 31.0 Å². The van der Waals surface area contributed by atoms with Crippen molar-refractivity contribution in [3.05, 3.63) is 47.5 Å². The van der Waals surface area contributed by atoms with E-state index >= 15 is 0 Å². The van der Waals surface area contributed by atoms with Crippen LogP contribution >= 0.6 is 11.8 Å². The molecule has 2 N–H and O–H groups in total. The molecule has 0 aliphatic heterocycles. The Hall–Kier alpha value is -2.20. The van der Waals surface area contributed by atoms with Gasteiger partial charge in [0.2, 0.25) is 0 Å². The fourth-order valence-electron chi connectivity index (χ4n) is 6.43. The highest BCUT2D eigenvalue weighted by atomic mass is 32.2. The maximum absolute atomic E-state index is 12.8. The van der Waals surface area contributed by atoms with Crippen LogP contribution in [0, 0.1) is 17.3 Å². The Kier molecular flexibility index (Phi) is 18.7. The average Bonchev–Trinajstić information content (AvgIpc) is 3.27. The van der Waals surface area contributed by atoms with Crippen LogP contribution < -0.4 is 0 Å². The lowest BCUT2D eigenvalue weighted by molar-refractivity contribution is -0.162. The van der Waals surface area contributed by atoms with Crippen LogP contribution in [0.1, 0.15) is 96.1 Å².